The van der Waals surface area contributed by atoms with Crippen molar-refractivity contribution in [3.05, 3.63) is 35.9 Å². The Morgan fingerprint density at radius 3 is 2.72 bits per heavy atom. The SMILES string of the molecule is CC(C(=O)N1CCC(C)C1CBr)c1ccccc1. The number of nitrogens with zero attached hydrogens (tertiary/aromatic N) is 1. The fourth-order valence-electron chi connectivity index (χ4n) is 2.65. The van der Waals surface area contributed by atoms with Gasteiger partial charge in [0.1, 0.15) is 0 Å². The molecule has 0 saturated carbocycles. The third kappa shape index (κ3) is 2.61. The lowest BCUT2D eigenvalue weighted by atomic mass is 9.99. The fraction of sp³-hybridized carbons (Fsp3) is 0.533. The molecule has 0 aromatic heterocycles. The molecule has 0 aliphatic carbocycles. The Morgan fingerprint density at radius 2 is 2.11 bits per heavy atom. The molecule has 1 heterocycles. The van der Waals surface area contributed by atoms with Crippen LogP contribution < -0.4 is 0 Å². The van der Waals surface area contributed by atoms with Gasteiger partial charge in [0.05, 0.1) is 5.92 Å². The molecule has 1 aliphatic rings. The van der Waals surface area contributed by atoms with Crippen molar-refractivity contribution in [1.29, 1.82) is 0 Å². The first-order chi connectivity index (χ1) is 8.65. The first-order valence-corrected chi connectivity index (χ1v) is 7.68. The van der Waals surface area contributed by atoms with Gasteiger partial charge in [0.2, 0.25) is 5.91 Å². The second kappa shape index (κ2) is 5.87. The number of halogens is 1. The van der Waals surface area contributed by atoms with Crippen molar-refractivity contribution in [1.82, 2.24) is 4.90 Å². The Bertz CT molecular complexity index is 406. The summed E-state index contributed by atoms with van der Waals surface area (Å²) in [5.41, 5.74) is 1.11. The van der Waals surface area contributed by atoms with Crippen molar-refractivity contribution in [2.75, 3.05) is 11.9 Å². The molecule has 2 rings (SSSR count). The summed E-state index contributed by atoms with van der Waals surface area (Å²) < 4.78 is 0. The highest BCUT2D eigenvalue weighted by Crippen LogP contribution is 2.29. The van der Waals surface area contributed by atoms with Crippen molar-refractivity contribution >= 4 is 21.8 Å². The number of hydrogen-bond acceptors (Lipinski definition) is 1. The lowest BCUT2D eigenvalue weighted by Gasteiger charge is -2.28. The summed E-state index contributed by atoms with van der Waals surface area (Å²) in [5.74, 6) is 0.810. The third-order valence-electron chi connectivity index (χ3n) is 3.99. The van der Waals surface area contributed by atoms with Gasteiger partial charge in [0.25, 0.3) is 0 Å². The molecule has 1 aromatic rings. The van der Waals surface area contributed by atoms with Crippen molar-refractivity contribution in [2.24, 2.45) is 5.92 Å². The number of alkyl halides is 1. The van der Waals surface area contributed by atoms with Gasteiger partial charge < -0.3 is 4.90 Å². The highest BCUT2D eigenvalue weighted by atomic mass is 79.9. The normalized spacial score (nSPS) is 25.2. The molecule has 0 bridgehead atoms. The Hall–Kier alpha value is -0.830. The number of benzene rings is 1. The zero-order valence-corrected chi connectivity index (χ0v) is 12.6. The van der Waals surface area contributed by atoms with Gasteiger partial charge >= 0.3 is 0 Å². The van der Waals surface area contributed by atoms with Gasteiger partial charge in [0.15, 0.2) is 0 Å². The van der Waals surface area contributed by atoms with Crippen LogP contribution in [0.25, 0.3) is 0 Å². The van der Waals surface area contributed by atoms with E-state index in [9.17, 15) is 4.79 Å². The van der Waals surface area contributed by atoms with Gasteiger partial charge in [0, 0.05) is 17.9 Å². The van der Waals surface area contributed by atoms with E-state index in [1.807, 2.05) is 37.3 Å². The molecule has 1 aromatic carbocycles. The van der Waals surface area contributed by atoms with Gasteiger partial charge in [-0.1, -0.05) is 53.2 Å². The van der Waals surface area contributed by atoms with Gasteiger partial charge in [-0.25, -0.2) is 0 Å². The molecule has 1 fully saturated rings. The summed E-state index contributed by atoms with van der Waals surface area (Å²) in [6, 6.07) is 10.4. The largest absolute Gasteiger partial charge is 0.338 e. The quantitative estimate of drug-likeness (QED) is 0.783. The average Bonchev–Trinajstić information content (AvgIpc) is 2.79. The van der Waals surface area contributed by atoms with Crippen LogP contribution in [0.2, 0.25) is 0 Å². The van der Waals surface area contributed by atoms with Crippen LogP contribution in [0, 0.1) is 5.92 Å². The van der Waals surface area contributed by atoms with Gasteiger partial charge in [-0.05, 0) is 24.8 Å². The Labute approximate surface area is 117 Å². The molecular weight excluding hydrogens is 290 g/mol. The molecule has 18 heavy (non-hydrogen) atoms. The molecule has 2 nitrogen and oxygen atoms in total. The summed E-state index contributed by atoms with van der Waals surface area (Å²) in [7, 11) is 0. The summed E-state index contributed by atoms with van der Waals surface area (Å²) in [6.07, 6.45) is 1.11. The van der Waals surface area contributed by atoms with Crippen LogP contribution in [0.4, 0.5) is 0 Å². The van der Waals surface area contributed by atoms with Crippen LogP contribution in [0.1, 0.15) is 31.7 Å². The second-order valence-corrected chi connectivity index (χ2v) is 5.80. The number of hydrogen-bond donors (Lipinski definition) is 0. The predicted octanol–water partition coefficient (Wildman–Crippen LogP) is 3.42. The first kappa shape index (κ1) is 13.6. The Kier molecular flexibility index (Phi) is 4.44. The Morgan fingerprint density at radius 1 is 1.44 bits per heavy atom. The summed E-state index contributed by atoms with van der Waals surface area (Å²) in [5, 5.41) is 0.876. The molecule has 0 spiro atoms. The highest BCUT2D eigenvalue weighted by molar-refractivity contribution is 9.09. The molecule has 3 atom stereocenters. The molecule has 0 N–H and O–H groups in total. The standard InChI is InChI=1S/C15H20BrNO/c1-11-8-9-17(14(11)10-16)15(18)12(2)13-6-4-3-5-7-13/h3-7,11-12,14H,8-10H2,1-2H3. The number of amides is 1. The minimum Gasteiger partial charge on any atom is -0.338 e. The maximum absolute atomic E-state index is 12.6. The number of likely N-dealkylation sites (tertiary alicyclic amines) is 1. The number of carbonyl (C=O) groups excluding carboxylic acids is 1. The van der Waals surface area contributed by atoms with Crippen LogP contribution in [0.15, 0.2) is 30.3 Å². The molecule has 1 amide bonds. The molecule has 3 heteroatoms. The van der Waals surface area contributed by atoms with Crippen molar-refractivity contribution in [3.8, 4) is 0 Å². The van der Waals surface area contributed by atoms with E-state index in [4.69, 9.17) is 0 Å². The summed E-state index contributed by atoms with van der Waals surface area (Å²) in [6.45, 7) is 5.13. The molecule has 1 saturated heterocycles. The monoisotopic (exact) mass is 309 g/mol. The Balaban J connectivity index is 2.12. The average molecular weight is 310 g/mol. The lowest BCUT2D eigenvalue weighted by Crippen LogP contribution is -2.40. The minimum atomic E-state index is -0.0435. The van der Waals surface area contributed by atoms with Gasteiger partial charge in [-0.15, -0.1) is 0 Å². The van der Waals surface area contributed by atoms with E-state index in [1.54, 1.807) is 0 Å². The van der Waals surface area contributed by atoms with Crippen LogP contribution in [-0.4, -0.2) is 28.7 Å². The van der Waals surface area contributed by atoms with E-state index < -0.39 is 0 Å². The second-order valence-electron chi connectivity index (χ2n) is 5.15. The lowest BCUT2D eigenvalue weighted by molar-refractivity contribution is -0.133. The maximum atomic E-state index is 12.6. The highest BCUT2D eigenvalue weighted by Gasteiger charge is 2.35. The van der Waals surface area contributed by atoms with Gasteiger partial charge in [-0.2, -0.15) is 0 Å². The summed E-state index contributed by atoms with van der Waals surface area (Å²) in [4.78, 5) is 14.6. The molecule has 3 unspecified atom stereocenters. The number of carbonyl (C=O) groups is 1. The molecule has 1 aliphatic heterocycles. The van der Waals surface area contributed by atoms with Crippen LogP contribution in [-0.2, 0) is 4.79 Å². The van der Waals surface area contributed by atoms with E-state index in [0.717, 1.165) is 23.9 Å². The topological polar surface area (TPSA) is 20.3 Å². The maximum Gasteiger partial charge on any atom is 0.230 e. The smallest absolute Gasteiger partial charge is 0.230 e. The van der Waals surface area contributed by atoms with E-state index >= 15 is 0 Å². The third-order valence-corrected chi connectivity index (χ3v) is 4.66. The predicted molar refractivity (Wildman–Crippen MR) is 77.9 cm³/mol. The van der Waals surface area contributed by atoms with E-state index in [-0.39, 0.29) is 11.8 Å². The van der Waals surface area contributed by atoms with Crippen LogP contribution in [0.5, 0.6) is 0 Å². The number of rotatable bonds is 3. The molecule has 0 radical (unpaired) electrons. The van der Waals surface area contributed by atoms with Crippen molar-refractivity contribution in [3.63, 3.8) is 0 Å². The molecular formula is C15H20BrNO. The minimum absolute atomic E-state index is 0.0435. The first-order valence-electron chi connectivity index (χ1n) is 6.56. The van der Waals surface area contributed by atoms with Crippen LogP contribution >= 0.6 is 15.9 Å². The summed E-state index contributed by atoms with van der Waals surface area (Å²) >= 11 is 3.54. The zero-order valence-electron chi connectivity index (χ0n) is 11.0. The zero-order chi connectivity index (χ0) is 13.1. The van der Waals surface area contributed by atoms with E-state index in [1.165, 1.54) is 0 Å². The van der Waals surface area contributed by atoms with E-state index in [2.05, 4.69) is 27.8 Å². The fourth-order valence-corrected chi connectivity index (χ4v) is 3.64. The van der Waals surface area contributed by atoms with Crippen LogP contribution in [0.3, 0.4) is 0 Å². The van der Waals surface area contributed by atoms with Crippen molar-refractivity contribution < 1.29 is 4.79 Å². The van der Waals surface area contributed by atoms with E-state index in [0.29, 0.717) is 12.0 Å². The van der Waals surface area contributed by atoms with Crippen molar-refractivity contribution in [2.45, 2.75) is 32.2 Å². The molecule has 98 valence electrons. The van der Waals surface area contributed by atoms with Gasteiger partial charge in [-0.3, -0.25) is 4.79 Å².